The summed E-state index contributed by atoms with van der Waals surface area (Å²) in [5.74, 6) is 1.17. The molecule has 1 amide bonds. The van der Waals surface area contributed by atoms with Gasteiger partial charge in [-0.2, -0.15) is 0 Å². The van der Waals surface area contributed by atoms with Crippen molar-refractivity contribution in [1.29, 1.82) is 0 Å². The van der Waals surface area contributed by atoms with Gasteiger partial charge in [0, 0.05) is 20.0 Å². The first kappa shape index (κ1) is 14.5. The van der Waals surface area contributed by atoms with Gasteiger partial charge in [-0.25, -0.2) is 0 Å². The zero-order valence-electron chi connectivity index (χ0n) is 11.5. The van der Waals surface area contributed by atoms with E-state index in [4.69, 9.17) is 0 Å². The molecule has 1 N–H and O–H groups in total. The minimum atomic E-state index is 0.302. The topological polar surface area (TPSA) is 32.3 Å². The Kier molecular flexibility index (Phi) is 7.25. The molecule has 3 nitrogen and oxygen atoms in total. The van der Waals surface area contributed by atoms with Crippen molar-refractivity contribution in [3.05, 3.63) is 0 Å². The molecule has 0 aromatic rings. The number of carbonyl (C=O) groups is 1. The summed E-state index contributed by atoms with van der Waals surface area (Å²) >= 11 is 0. The number of carbonyl (C=O) groups excluding carboxylic acids is 1. The van der Waals surface area contributed by atoms with Gasteiger partial charge in [0.05, 0.1) is 0 Å². The van der Waals surface area contributed by atoms with Crippen molar-refractivity contribution in [2.24, 2.45) is 5.92 Å². The van der Waals surface area contributed by atoms with E-state index in [1.165, 1.54) is 38.5 Å². The van der Waals surface area contributed by atoms with Gasteiger partial charge in [0.15, 0.2) is 0 Å². The third kappa shape index (κ3) is 6.06. The van der Waals surface area contributed by atoms with Crippen molar-refractivity contribution in [3.63, 3.8) is 0 Å². The van der Waals surface area contributed by atoms with Crippen molar-refractivity contribution in [2.75, 3.05) is 27.2 Å². The Morgan fingerprint density at radius 1 is 1.29 bits per heavy atom. The number of nitrogens with one attached hydrogen (secondary N) is 1. The summed E-state index contributed by atoms with van der Waals surface area (Å²) in [7, 11) is 3.88. The first-order valence-corrected chi connectivity index (χ1v) is 7.12. The van der Waals surface area contributed by atoms with Crippen molar-refractivity contribution in [2.45, 2.75) is 51.4 Å². The highest BCUT2D eigenvalue weighted by molar-refractivity contribution is 5.75. The van der Waals surface area contributed by atoms with Crippen molar-refractivity contribution < 1.29 is 4.79 Å². The average molecular weight is 240 g/mol. The molecule has 0 unspecified atom stereocenters. The van der Waals surface area contributed by atoms with Crippen molar-refractivity contribution in [3.8, 4) is 0 Å². The summed E-state index contributed by atoms with van der Waals surface area (Å²) in [4.78, 5) is 13.7. The second-order valence-corrected chi connectivity index (χ2v) is 5.32. The molecule has 0 aromatic heterocycles. The number of rotatable bonds is 7. The molecule has 100 valence electrons. The quantitative estimate of drug-likeness (QED) is 0.693. The van der Waals surface area contributed by atoms with Crippen molar-refractivity contribution >= 4 is 5.91 Å². The van der Waals surface area contributed by atoms with E-state index in [-0.39, 0.29) is 0 Å². The SMILES string of the molecule is CNCCCC(=O)N(C)CCC1CCCCC1. The third-order valence-corrected chi connectivity index (χ3v) is 3.84. The molecule has 0 atom stereocenters. The third-order valence-electron chi connectivity index (χ3n) is 3.84. The van der Waals surface area contributed by atoms with Crippen LogP contribution in [0.25, 0.3) is 0 Å². The highest BCUT2D eigenvalue weighted by atomic mass is 16.2. The molecule has 1 aliphatic rings. The van der Waals surface area contributed by atoms with Gasteiger partial charge in [-0.3, -0.25) is 4.79 Å². The number of hydrogen-bond donors (Lipinski definition) is 1. The van der Waals surface area contributed by atoms with Crippen molar-refractivity contribution in [1.82, 2.24) is 10.2 Å². The second-order valence-electron chi connectivity index (χ2n) is 5.32. The Morgan fingerprint density at radius 2 is 2.00 bits per heavy atom. The Labute approximate surface area is 106 Å². The van der Waals surface area contributed by atoms with Gasteiger partial charge in [-0.05, 0) is 32.4 Å². The number of amides is 1. The van der Waals surface area contributed by atoms with Gasteiger partial charge in [0.2, 0.25) is 5.91 Å². The summed E-state index contributed by atoms with van der Waals surface area (Å²) in [6, 6.07) is 0. The van der Waals surface area contributed by atoms with Crippen LogP contribution < -0.4 is 5.32 Å². The van der Waals surface area contributed by atoms with Gasteiger partial charge in [-0.15, -0.1) is 0 Å². The summed E-state index contributed by atoms with van der Waals surface area (Å²) in [6.07, 6.45) is 9.78. The van der Waals surface area contributed by atoms with Crippen LogP contribution in [0.4, 0.5) is 0 Å². The molecule has 17 heavy (non-hydrogen) atoms. The highest BCUT2D eigenvalue weighted by Crippen LogP contribution is 2.26. The van der Waals surface area contributed by atoms with Crippen LogP contribution >= 0.6 is 0 Å². The van der Waals surface area contributed by atoms with Crippen LogP contribution in [-0.4, -0.2) is 38.0 Å². The fourth-order valence-electron chi connectivity index (χ4n) is 2.58. The minimum Gasteiger partial charge on any atom is -0.346 e. The zero-order valence-corrected chi connectivity index (χ0v) is 11.5. The van der Waals surface area contributed by atoms with E-state index in [1.807, 2.05) is 19.0 Å². The van der Waals surface area contributed by atoms with Gasteiger partial charge in [0.25, 0.3) is 0 Å². The summed E-state index contributed by atoms with van der Waals surface area (Å²) in [5.41, 5.74) is 0. The van der Waals surface area contributed by atoms with E-state index in [0.29, 0.717) is 12.3 Å². The number of hydrogen-bond acceptors (Lipinski definition) is 2. The van der Waals surface area contributed by atoms with E-state index >= 15 is 0 Å². The highest BCUT2D eigenvalue weighted by Gasteiger charge is 2.15. The van der Waals surface area contributed by atoms with Crippen LogP contribution in [0, 0.1) is 5.92 Å². The maximum atomic E-state index is 11.8. The smallest absolute Gasteiger partial charge is 0.222 e. The maximum absolute atomic E-state index is 11.8. The molecule has 1 saturated carbocycles. The summed E-state index contributed by atoms with van der Waals surface area (Å²) < 4.78 is 0. The maximum Gasteiger partial charge on any atom is 0.222 e. The summed E-state index contributed by atoms with van der Waals surface area (Å²) in [6.45, 7) is 1.88. The second kappa shape index (κ2) is 8.51. The lowest BCUT2D eigenvalue weighted by Gasteiger charge is -2.24. The zero-order chi connectivity index (χ0) is 12.5. The lowest BCUT2D eigenvalue weighted by atomic mass is 9.87. The van der Waals surface area contributed by atoms with Crippen LogP contribution in [0.2, 0.25) is 0 Å². The molecular weight excluding hydrogens is 212 g/mol. The molecule has 0 aliphatic heterocycles. The Bertz CT molecular complexity index is 212. The molecule has 0 spiro atoms. The number of nitrogens with zero attached hydrogens (tertiary/aromatic N) is 1. The molecule has 3 heteroatoms. The Hall–Kier alpha value is -0.570. The monoisotopic (exact) mass is 240 g/mol. The van der Waals surface area contributed by atoms with E-state index in [2.05, 4.69) is 5.32 Å². The van der Waals surface area contributed by atoms with Crippen LogP contribution in [0.3, 0.4) is 0 Å². The first-order chi connectivity index (χ1) is 8.24. The van der Waals surface area contributed by atoms with E-state index in [9.17, 15) is 4.79 Å². The largest absolute Gasteiger partial charge is 0.346 e. The van der Waals surface area contributed by atoms with E-state index < -0.39 is 0 Å². The molecule has 0 saturated heterocycles. The Morgan fingerprint density at radius 3 is 2.65 bits per heavy atom. The fraction of sp³-hybridized carbons (Fsp3) is 0.929. The molecule has 0 heterocycles. The fourth-order valence-corrected chi connectivity index (χ4v) is 2.58. The predicted octanol–water partition coefficient (Wildman–Crippen LogP) is 2.41. The minimum absolute atomic E-state index is 0.302. The predicted molar refractivity (Wildman–Crippen MR) is 72.0 cm³/mol. The first-order valence-electron chi connectivity index (χ1n) is 7.12. The molecule has 0 radical (unpaired) electrons. The molecule has 0 bridgehead atoms. The molecule has 1 aliphatic carbocycles. The van der Waals surface area contributed by atoms with E-state index in [0.717, 1.165) is 25.4 Å². The van der Waals surface area contributed by atoms with Crippen LogP contribution in [0.5, 0.6) is 0 Å². The van der Waals surface area contributed by atoms with Crippen LogP contribution in [0.15, 0.2) is 0 Å². The van der Waals surface area contributed by atoms with Gasteiger partial charge in [0.1, 0.15) is 0 Å². The molecule has 0 aromatic carbocycles. The van der Waals surface area contributed by atoms with E-state index in [1.54, 1.807) is 0 Å². The van der Waals surface area contributed by atoms with Gasteiger partial charge in [-0.1, -0.05) is 32.1 Å². The lowest BCUT2D eigenvalue weighted by Crippen LogP contribution is -2.29. The normalized spacial score (nSPS) is 17.1. The van der Waals surface area contributed by atoms with Gasteiger partial charge >= 0.3 is 0 Å². The molecular formula is C14H28N2O. The Balaban J connectivity index is 2.10. The average Bonchev–Trinajstić information content (AvgIpc) is 2.37. The molecule has 1 fully saturated rings. The molecule has 1 rings (SSSR count). The van der Waals surface area contributed by atoms with Crippen LogP contribution in [-0.2, 0) is 4.79 Å². The summed E-state index contributed by atoms with van der Waals surface area (Å²) in [5, 5.41) is 3.07. The van der Waals surface area contributed by atoms with Gasteiger partial charge < -0.3 is 10.2 Å². The lowest BCUT2D eigenvalue weighted by molar-refractivity contribution is -0.130. The standard InChI is InChI=1S/C14H28N2O/c1-15-11-6-9-14(17)16(2)12-10-13-7-4-3-5-8-13/h13,15H,3-12H2,1-2H3. The van der Waals surface area contributed by atoms with Crippen LogP contribution in [0.1, 0.15) is 51.4 Å².